The Labute approximate surface area is 130 Å². The zero-order chi connectivity index (χ0) is 14.9. The Morgan fingerprint density at radius 3 is 2.57 bits per heavy atom. The van der Waals surface area contributed by atoms with Gasteiger partial charge in [0.05, 0.1) is 6.10 Å². The van der Waals surface area contributed by atoms with Crippen molar-refractivity contribution in [3.8, 4) is 0 Å². The molecule has 2 aromatic rings. The van der Waals surface area contributed by atoms with E-state index in [1.54, 1.807) is 0 Å². The van der Waals surface area contributed by atoms with E-state index in [1.165, 1.54) is 11.1 Å². The van der Waals surface area contributed by atoms with Gasteiger partial charge in [-0.1, -0.05) is 48.0 Å². The average molecular weight is 302 g/mol. The standard InChI is InChI=1S/C18H20ClNO/c19-15-9-7-14(8-10-15)17(21)18(12-20)11-3-5-13-4-1-2-6-16(13)18/h1-2,4,6-10,17,21H,3,5,11-12,20H2. The number of hydrogen-bond acceptors (Lipinski definition) is 2. The maximum atomic E-state index is 11.0. The lowest BCUT2D eigenvalue weighted by molar-refractivity contribution is 0.0718. The molecule has 0 aliphatic heterocycles. The second-order valence-electron chi connectivity index (χ2n) is 5.83. The summed E-state index contributed by atoms with van der Waals surface area (Å²) >= 11 is 5.95. The van der Waals surface area contributed by atoms with E-state index in [0.29, 0.717) is 11.6 Å². The first-order valence-electron chi connectivity index (χ1n) is 7.39. The zero-order valence-corrected chi connectivity index (χ0v) is 12.7. The Balaban J connectivity index is 2.07. The van der Waals surface area contributed by atoms with Crippen LogP contribution < -0.4 is 5.73 Å². The van der Waals surface area contributed by atoms with Gasteiger partial charge < -0.3 is 10.8 Å². The van der Waals surface area contributed by atoms with Crippen LogP contribution in [0.1, 0.15) is 35.6 Å². The molecule has 3 heteroatoms. The molecule has 0 saturated heterocycles. The summed E-state index contributed by atoms with van der Waals surface area (Å²) < 4.78 is 0. The fourth-order valence-electron chi connectivity index (χ4n) is 3.52. The van der Waals surface area contributed by atoms with E-state index < -0.39 is 11.5 Å². The molecule has 2 unspecified atom stereocenters. The fourth-order valence-corrected chi connectivity index (χ4v) is 3.65. The van der Waals surface area contributed by atoms with Crippen LogP contribution in [0.15, 0.2) is 48.5 Å². The highest BCUT2D eigenvalue weighted by Gasteiger charge is 2.42. The van der Waals surface area contributed by atoms with Crippen LogP contribution in [-0.2, 0) is 11.8 Å². The Morgan fingerprint density at radius 2 is 1.86 bits per heavy atom. The van der Waals surface area contributed by atoms with Gasteiger partial charge in [-0.15, -0.1) is 0 Å². The second kappa shape index (κ2) is 5.80. The van der Waals surface area contributed by atoms with E-state index in [-0.39, 0.29) is 0 Å². The largest absolute Gasteiger partial charge is 0.387 e. The first-order valence-corrected chi connectivity index (χ1v) is 7.77. The first kappa shape index (κ1) is 14.6. The van der Waals surface area contributed by atoms with Crippen LogP contribution in [-0.4, -0.2) is 11.7 Å². The quantitative estimate of drug-likeness (QED) is 0.910. The molecule has 0 bridgehead atoms. The number of aliphatic hydroxyl groups is 1. The topological polar surface area (TPSA) is 46.2 Å². The predicted octanol–water partition coefficient (Wildman–Crippen LogP) is 3.61. The van der Waals surface area contributed by atoms with Crippen molar-refractivity contribution in [2.45, 2.75) is 30.8 Å². The zero-order valence-electron chi connectivity index (χ0n) is 11.9. The number of rotatable bonds is 3. The summed E-state index contributed by atoms with van der Waals surface area (Å²) in [6.45, 7) is 0.438. The summed E-state index contributed by atoms with van der Waals surface area (Å²) in [5.41, 5.74) is 9.11. The monoisotopic (exact) mass is 301 g/mol. The number of aliphatic hydroxyl groups excluding tert-OH is 1. The van der Waals surface area contributed by atoms with E-state index in [1.807, 2.05) is 30.3 Å². The number of fused-ring (bicyclic) bond motifs is 1. The smallest absolute Gasteiger partial charge is 0.0898 e. The van der Waals surface area contributed by atoms with Crippen LogP contribution in [0.2, 0.25) is 5.02 Å². The molecule has 0 aromatic heterocycles. The molecule has 2 nitrogen and oxygen atoms in total. The molecular weight excluding hydrogens is 282 g/mol. The van der Waals surface area contributed by atoms with Gasteiger partial charge in [-0.25, -0.2) is 0 Å². The number of benzene rings is 2. The van der Waals surface area contributed by atoms with E-state index in [0.717, 1.165) is 24.8 Å². The minimum atomic E-state index is -0.610. The lowest BCUT2D eigenvalue weighted by Crippen LogP contribution is -2.43. The SMILES string of the molecule is NCC1(C(O)c2ccc(Cl)cc2)CCCc2ccccc21. The van der Waals surface area contributed by atoms with Crippen LogP contribution in [0.5, 0.6) is 0 Å². The van der Waals surface area contributed by atoms with Gasteiger partial charge in [0.1, 0.15) is 0 Å². The van der Waals surface area contributed by atoms with Crippen LogP contribution in [0.3, 0.4) is 0 Å². The minimum Gasteiger partial charge on any atom is -0.387 e. The molecule has 2 aromatic carbocycles. The van der Waals surface area contributed by atoms with Crippen molar-refractivity contribution in [1.29, 1.82) is 0 Å². The molecule has 21 heavy (non-hydrogen) atoms. The van der Waals surface area contributed by atoms with Gasteiger partial charge in [0.15, 0.2) is 0 Å². The van der Waals surface area contributed by atoms with E-state index in [9.17, 15) is 5.11 Å². The number of aryl methyl sites for hydroxylation is 1. The Bertz CT molecular complexity index is 625. The van der Waals surface area contributed by atoms with Gasteiger partial charge in [-0.3, -0.25) is 0 Å². The Kier molecular flexibility index (Phi) is 4.03. The van der Waals surface area contributed by atoms with Crippen molar-refractivity contribution in [2.75, 3.05) is 6.54 Å². The van der Waals surface area contributed by atoms with Crippen molar-refractivity contribution in [2.24, 2.45) is 5.73 Å². The average Bonchev–Trinajstić information content (AvgIpc) is 2.54. The summed E-state index contributed by atoms with van der Waals surface area (Å²) in [5, 5.41) is 11.7. The highest BCUT2D eigenvalue weighted by atomic mass is 35.5. The third-order valence-electron chi connectivity index (χ3n) is 4.70. The molecule has 3 N–H and O–H groups in total. The summed E-state index contributed by atoms with van der Waals surface area (Å²) in [5.74, 6) is 0. The van der Waals surface area contributed by atoms with Crippen LogP contribution >= 0.6 is 11.6 Å². The van der Waals surface area contributed by atoms with Crippen LogP contribution in [0.25, 0.3) is 0 Å². The van der Waals surface area contributed by atoms with E-state index in [4.69, 9.17) is 17.3 Å². The molecule has 0 spiro atoms. The van der Waals surface area contributed by atoms with E-state index >= 15 is 0 Å². The third kappa shape index (κ3) is 2.48. The molecule has 0 radical (unpaired) electrons. The lowest BCUT2D eigenvalue weighted by atomic mass is 9.65. The molecule has 2 atom stereocenters. The molecule has 0 fully saturated rings. The second-order valence-corrected chi connectivity index (χ2v) is 6.26. The normalized spacial score (nSPS) is 22.6. The van der Waals surface area contributed by atoms with Crippen molar-refractivity contribution in [3.63, 3.8) is 0 Å². The van der Waals surface area contributed by atoms with Crippen LogP contribution in [0, 0.1) is 0 Å². The highest BCUT2D eigenvalue weighted by Crippen LogP contribution is 2.45. The molecule has 3 rings (SSSR count). The third-order valence-corrected chi connectivity index (χ3v) is 4.95. The molecule has 0 heterocycles. The van der Waals surface area contributed by atoms with Crippen molar-refractivity contribution in [3.05, 3.63) is 70.2 Å². The van der Waals surface area contributed by atoms with Crippen molar-refractivity contribution in [1.82, 2.24) is 0 Å². The predicted molar refractivity (Wildman–Crippen MR) is 86.5 cm³/mol. The Hall–Kier alpha value is -1.35. The van der Waals surface area contributed by atoms with Crippen LogP contribution in [0.4, 0.5) is 0 Å². The van der Waals surface area contributed by atoms with E-state index in [2.05, 4.69) is 18.2 Å². The summed E-state index contributed by atoms with van der Waals surface area (Å²) in [7, 11) is 0. The minimum absolute atomic E-state index is 0.400. The Morgan fingerprint density at radius 1 is 1.14 bits per heavy atom. The highest BCUT2D eigenvalue weighted by molar-refractivity contribution is 6.30. The maximum absolute atomic E-state index is 11.0. The lowest BCUT2D eigenvalue weighted by Gasteiger charge is -2.42. The van der Waals surface area contributed by atoms with Gasteiger partial charge in [-0.05, 0) is 48.1 Å². The van der Waals surface area contributed by atoms with Gasteiger partial charge in [0, 0.05) is 17.0 Å². The molecular formula is C18H20ClNO. The molecule has 1 aliphatic rings. The molecule has 0 saturated carbocycles. The summed E-state index contributed by atoms with van der Waals surface area (Å²) in [4.78, 5) is 0. The molecule has 0 amide bonds. The van der Waals surface area contributed by atoms with Crippen molar-refractivity contribution < 1.29 is 5.11 Å². The van der Waals surface area contributed by atoms with Gasteiger partial charge >= 0.3 is 0 Å². The summed E-state index contributed by atoms with van der Waals surface area (Å²) in [6.07, 6.45) is 2.41. The number of nitrogens with two attached hydrogens (primary N) is 1. The summed E-state index contributed by atoms with van der Waals surface area (Å²) in [6, 6.07) is 15.8. The molecule has 1 aliphatic carbocycles. The number of halogens is 1. The van der Waals surface area contributed by atoms with Gasteiger partial charge in [0.25, 0.3) is 0 Å². The molecule has 110 valence electrons. The first-order chi connectivity index (χ1) is 10.2. The van der Waals surface area contributed by atoms with Gasteiger partial charge in [-0.2, -0.15) is 0 Å². The van der Waals surface area contributed by atoms with Gasteiger partial charge in [0.2, 0.25) is 0 Å². The maximum Gasteiger partial charge on any atom is 0.0898 e. The fraction of sp³-hybridized carbons (Fsp3) is 0.333. The van der Waals surface area contributed by atoms with Crippen molar-refractivity contribution >= 4 is 11.6 Å². The number of hydrogen-bond donors (Lipinski definition) is 2.